The Hall–Kier alpha value is -0.170. The van der Waals surface area contributed by atoms with E-state index in [9.17, 15) is 8.42 Å². The third kappa shape index (κ3) is 2.75. The number of sulfone groups is 1. The lowest BCUT2D eigenvalue weighted by atomic mass is 9.88. The van der Waals surface area contributed by atoms with Gasteiger partial charge in [-0.25, -0.2) is 8.42 Å². The smallest absolute Gasteiger partial charge is 0.152 e. The van der Waals surface area contributed by atoms with Crippen LogP contribution in [0.2, 0.25) is 0 Å². The fourth-order valence-electron chi connectivity index (χ4n) is 4.11. The summed E-state index contributed by atoms with van der Waals surface area (Å²) < 4.78 is 29.9. The fraction of sp³-hybridized carbons (Fsp3) is 1.00. The maximum absolute atomic E-state index is 12.2. The molecule has 2 rings (SSSR count). The summed E-state index contributed by atoms with van der Waals surface area (Å²) in [5, 5.41) is -0.328. The summed E-state index contributed by atoms with van der Waals surface area (Å²) in [4.78, 5) is 2.31. The average Bonchev–Trinajstić information content (AvgIpc) is 2.84. The van der Waals surface area contributed by atoms with E-state index in [4.69, 9.17) is 10.5 Å². The van der Waals surface area contributed by atoms with Gasteiger partial charge in [0.15, 0.2) is 9.84 Å². The summed E-state index contributed by atoms with van der Waals surface area (Å²) in [5.41, 5.74) is 5.68. The molecule has 4 unspecified atom stereocenters. The zero-order chi connectivity index (χ0) is 15.0. The first-order chi connectivity index (χ1) is 9.35. The van der Waals surface area contributed by atoms with Crippen LogP contribution in [0, 0.1) is 5.92 Å². The predicted molar refractivity (Wildman–Crippen MR) is 80.4 cm³/mol. The molecule has 1 saturated carbocycles. The zero-order valence-electron chi connectivity index (χ0n) is 12.8. The van der Waals surface area contributed by atoms with Crippen LogP contribution in [0.5, 0.6) is 0 Å². The van der Waals surface area contributed by atoms with Crippen LogP contribution < -0.4 is 5.73 Å². The van der Waals surface area contributed by atoms with Crippen molar-refractivity contribution in [3.63, 3.8) is 0 Å². The van der Waals surface area contributed by atoms with Crippen LogP contribution in [0.4, 0.5) is 0 Å². The van der Waals surface area contributed by atoms with Crippen molar-refractivity contribution >= 4 is 9.84 Å². The number of piperidine rings is 1. The van der Waals surface area contributed by atoms with E-state index >= 15 is 0 Å². The lowest BCUT2D eigenvalue weighted by molar-refractivity contribution is -0.0422. The van der Waals surface area contributed by atoms with Crippen molar-refractivity contribution < 1.29 is 13.2 Å². The number of methoxy groups -OCH3 is 1. The molecule has 1 saturated heterocycles. The molecule has 1 aliphatic heterocycles. The summed E-state index contributed by atoms with van der Waals surface area (Å²) in [7, 11) is -1.33. The van der Waals surface area contributed by atoms with E-state index in [1.807, 2.05) is 0 Å². The average molecular weight is 304 g/mol. The quantitative estimate of drug-likeness (QED) is 0.825. The molecule has 0 bridgehead atoms. The number of ether oxygens (including phenoxy) is 1. The number of likely N-dealkylation sites (tertiary alicyclic amines) is 1. The highest BCUT2D eigenvalue weighted by Gasteiger charge is 2.52. The van der Waals surface area contributed by atoms with Gasteiger partial charge in [0.2, 0.25) is 0 Å². The number of hydrogen-bond donors (Lipinski definition) is 1. The molecule has 0 radical (unpaired) electrons. The van der Waals surface area contributed by atoms with Gasteiger partial charge in [0.05, 0.1) is 11.4 Å². The minimum Gasteiger partial charge on any atom is -0.380 e. The Morgan fingerprint density at radius 2 is 2.10 bits per heavy atom. The molecule has 1 aliphatic carbocycles. The summed E-state index contributed by atoms with van der Waals surface area (Å²) in [6, 6.07) is 0. The van der Waals surface area contributed by atoms with Crippen LogP contribution in [-0.2, 0) is 14.6 Å². The summed E-state index contributed by atoms with van der Waals surface area (Å²) >= 11 is 0. The van der Waals surface area contributed by atoms with Gasteiger partial charge in [-0.1, -0.05) is 13.3 Å². The SMILES string of the molecule is COC1CN(C2(CN)CCCC2S(C)(=O)=O)CCC1C. The topological polar surface area (TPSA) is 72.6 Å². The van der Waals surface area contributed by atoms with Crippen LogP contribution in [0.3, 0.4) is 0 Å². The Kier molecular flexibility index (Phi) is 4.79. The molecule has 2 aliphatic rings. The molecule has 0 amide bonds. The normalized spacial score (nSPS) is 40.1. The first-order valence-electron chi connectivity index (χ1n) is 7.52. The number of nitrogens with two attached hydrogens (primary N) is 1. The summed E-state index contributed by atoms with van der Waals surface area (Å²) in [6.45, 7) is 4.32. The van der Waals surface area contributed by atoms with Gasteiger partial charge < -0.3 is 10.5 Å². The molecular weight excluding hydrogens is 276 g/mol. The Morgan fingerprint density at radius 3 is 2.65 bits per heavy atom. The Bertz CT molecular complexity index is 440. The molecular formula is C14H28N2O3S. The van der Waals surface area contributed by atoms with Gasteiger partial charge in [-0.3, -0.25) is 4.90 Å². The molecule has 6 heteroatoms. The lowest BCUT2D eigenvalue weighted by Crippen LogP contribution is -2.64. The first-order valence-corrected chi connectivity index (χ1v) is 9.47. The highest BCUT2D eigenvalue weighted by molar-refractivity contribution is 7.91. The highest BCUT2D eigenvalue weighted by Crippen LogP contribution is 2.41. The van der Waals surface area contributed by atoms with Gasteiger partial charge in [-0.05, 0) is 31.7 Å². The van der Waals surface area contributed by atoms with Gasteiger partial charge in [0, 0.05) is 32.0 Å². The fourth-order valence-corrected chi connectivity index (χ4v) is 5.86. The Labute approximate surface area is 122 Å². The summed E-state index contributed by atoms with van der Waals surface area (Å²) in [6.07, 6.45) is 5.13. The van der Waals surface area contributed by atoms with Crippen molar-refractivity contribution in [1.29, 1.82) is 0 Å². The molecule has 20 heavy (non-hydrogen) atoms. The van der Waals surface area contributed by atoms with Crippen molar-refractivity contribution in [2.75, 3.05) is 33.0 Å². The maximum atomic E-state index is 12.2. The molecule has 4 atom stereocenters. The standard InChI is InChI=1S/C14H28N2O3S/c1-11-6-8-16(9-12(11)19-2)14(10-15)7-4-5-13(14)20(3,17)18/h11-13H,4-10,15H2,1-3H3. The monoisotopic (exact) mass is 304 g/mol. The molecule has 0 aromatic carbocycles. The largest absolute Gasteiger partial charge is 0.380 e. The lowest BCUT2D eigenvalue weighted by Gasteiger charge is -2.49. The second kappa shape index (κ2) is 5.91. The molecule has 2 N–H and O–H groups in total. The third-order valence-electron chi connectivity index (χ3n) is 5.37. The van der Waals surface area contributed by atoms with E-state index in [2.05, 4.69) is 11.8 Å². The molecule has 1 heterocycles. The van der Waals surface area contributed by atoms with Gasteiger partial charge in [0.25, 0.3) is 0 Å². The number of rotatable bonds is 4. The Morgan fingerprint density at radius 1 is 1.40 bits per heavy atom. The Balaban J connectivity index is 2.27. The van der Waals surface area contributed by atoms with Gasteiger partial charge in [-0.15, -0.1) is 0 Å². The van der Waals surface area contributed by atoms with Crippen LogP contribution in [0.25, 0.3) is 0 Å². The molecule has 0 spiro atoms. The van der Waals surface area contributed by atoms with E-state index in [0.29, 0.717) is 12.5 Å². The van der Waals surface area contributed by atoms with Crippen molar-refractivity contribution in [2.45, 2.75) is 49.5 Å². The molecule has 118 valence electrons. The van der Waals surface area contributed by atoms with Crippen LogP contribution in [0.15, 0.2) is 0 Å². The van der Waals surface area contributed by atoms with Crippen molar-refractivity contribution in [1.82, 2.24) is 4.90 Å². The number of hydrogen-bond acceptors (Lipinski definition) is 5. The zero-order valence-corrected chi connectivity index (χ0v) is 13.7. The van der Waals surface area contributed by atoms with Gasteiger partial charge >= 0.3 is 0 Å². The molecule has 0 aromatic rings. The highest BCUT2D eigenvalue weighted by atomic mass is 32.2. The minimum atomic E-state index is -3.07. The van der Waals surface area contributed by atoms with E-state index < -0.39 is 9.84 Å². The molecule has 2 fully saturated rings. The van der Waals surface area contributed by atoms with E-state index in [0.717, 1.165) is 38.8 Å². The van der Waals surface area contributed by atoms with Crippen molar-refractivity contribution in [3.05, 3.63) is 0 Å². The predicted octanol–water partition coefficient (Wildman–Crippen LogP) is 0.638. The van der Waals surface area contributed by atoms with E-state index in [1.54, 1.807) is 7.11 Å². The minimum absolute atomic E-state index is 0.174. The van der Waals surface area contributed by atoms with Crippen molar-refractivity contribution in [2.24, 2.45) is 11.7 Å². The first kappa shape index (κ1) is 16.2. The second-order valence-corrected chi connectivity index (χ2v) is 8.73. The third-order valence-corrected chi connectivity index (χ3v) is 7.08. The van der Waals surface area contributed by atoms with Crippen LogP contribution in [0.1, 0.15) is 32.6 Å². The van der Waals surface area contributed by atoms with Crippen molar-refractivity contribution in [3.8, 4) is 0 Å². The van der Waals surface area contributed by atoms with Gasteiger partial charge in [0.1, 0.15) is 0 Å². The second-order valence-electron chi connectivity index (χ2n) is 6.50. The molecule has 5 nitrogen and oxygen atoms in total. The van der Waals surface area contributed by atoms with Crippen LogP contribution in [-0.4, -0.2) is 63.2 Å². The maximum Gasteiger partial charge on any atom is 0.152 e. The van der Waals surface area contributed by atoms with E-state index in [-0.39, 0.29) is 16.9 Å². The molecule has 0 aromatic heterocycles. The number of nitrogens with zero attached hydrogens (tertiary/aromatic N) is 1. The van der Waals surface area contributed by atoms with Gasteiger partial charge in [-0.2, -0.15) is 0 Å². The van der Waals surface area contributed by atoms with Crippen LogP contribution >= 0.6 is 0 Å². The summed E-state index contributed by atoms with van der Waals surface area (Å²) in [5.74, 6) is 0.518. The van der Waals surface area contributed by atoms with E-state index in [1.165, 1.54) is 6.26 Å².